The predicted octanol–water partition coefficient (Wildman–Crippen LogP) is 3.46. The zero-order chi connectivity index (χ0) is 16.8. The molecule has 0 heterocycles. The highest BCUT2D eigenvalue weighted by atomic mass is 32.2. The minimum atomic E-state index is -3.38. The van der Waals surface area contributed by atoms with E-state index in [0.717, 1.165) is 0 Å². The molecule has 0 aromatic rings. The van der Waals surface area contributed by atoms with E-state index in [1.807, 2.05) is 0 Å². The second-order valence-electron chi connectivity index (χ2n) is 7.72. The van der Waals surface area contributed by atoms with Gasteiger partial charge in [0.25, 0.3) is 10.2 Å². The molecule has 0 spiro atoms. The SMILES string of the molecule is CC(C)CN(CC(C)C)S(=O)(=O)N(CC(C)C)CC(C)C. The summed E-state index contributed by atoms with van der Waals surface area (Å²) in [5.41, 5.74) is 0. The van der Waals surface area contributed by atoms with Crippen molar-refractivity contribution in [1.82, 2.24) is 8.61 Å². The van der Waals surface area contributed by atoms with Crippen molar-refractivity contribution in [2.75, 3.05) is 26.2 Å². The van der Waals surface area contributed by atoms with E-state index in [1.54, 1.807) is 8.61 Å². The van der Waals surface area contributed by atoms with Gasteiger partial charge in [-0.3, -0.25) is 0 Å². The lowest BCUT2D eigenvalue weighted by Crippen LogP contribution is -2.48. The maximum Gasteiger partial charge on any atom is 0.282 e. The standard InChI is InChI=1S/C16H36N2O2S/c1-13(2)9-17(10-14(3)4)21(19,20)18(11-15(5)6)12-16(7)8/h13-16H,9-12H2,1-8H3. The summed E-state index contributed by atoms with van der Waals surface area (Å²) in [5, 5.41) is 0. The van der Waals surface area contributed by atoms with Gasteiger partial charge >= 0.3 is 0 Å². The summed E-state index contributed by atoms with van der Waals surface area (Å²) in [6, 6.07) is 0. The van der Waals surface area contributed by atoms with Crippen LogP contribution in [-0.4, -0.2) is 43.2 Å². The first-order valence-electron chi connectivity index (χ1n) is 8.22. The molecule has 0 fully saturated rings. The Hall–Kier alpha value is -0.130. The van der Waals surface area contributed by atoms with Gasteiger partial charge in [-0.2, -0.15) is 17.0 Å². The molecule has 0 aliphatic carbocycles. The lowest BCUT2D eigenvalue weighted by Gasteiger charge is -2.33. The van der Waals surface area contributed by atoms with E-state index in [0.29, 0.717) is 49.9 Å². The third kappa shape index (κ3) is 8.17. The van der Waals surface area contributed by atoms with Crippen LogP contribution in [0.1, 0.15) is 55.4 Å². The van der Waals surface area contributed by atoms with Gasteiger partial charge in [0.1, 0.15) is 0 Å². The Morgan fingerprint density at radius 3 is 0.905 bits per heavy atom. The van der Waals surface area contributed by atoms with Crippen molar-refractivity contribution in [3.05, 3.63) is 0 Å². The zero-order valence-corrected chi connectivity index (χ0v) is 16.1. The molecule has 0 aromatic heterocycles. The van der Waals surface area contributed by atoms with E-state index in [2.05, 4.69) is 55.4 Å². The topological polar surface area (TPSA) is 40.6 Å². The molecule has 128 valence electrons. The number of hydrogen-bond acceptors (Lipinski definition) is 2. The maximum absolute atomic E-state index is 13.0. The summed E-state index contributed by atoms with van der Waals surface area (Å²) in [4.78, 5) is 0. The van der Waals surface area contributed by atoms with E-state index < -0.39 is 10.2 Å². The van der Waals surface area contributed by atoms with Gasteiger partial charge in [0.05, 0.1) is 0 Å². The number of hydrogen-bond donors (Lipinski definition) is 0. The molecule has 0 N–H and O–H groups in total. The fourth-order valence-corrected chi connectivity index (χ4v) is 4.59. The van der Waals surface area contributed by atoms with E-state index in [9.17, 15) is 8.42 Å². The van der Waals surface area contributed by atoms with Crippen LogP contribution in [0, 0.1) is 23.7 Å². The van der Waals surface area contributed by atoms with Gasteiger partial charge in [0.15, 0.2) is 0 Å². The number of rotatable bonds is 10. The molecule has 5 heteroatoms. The van der Waals surface area contributed by atoms with Gasteiger partial charge in [-0.15, -0.1) is 0 Å². The molecule has 0 unspecified atom stereocenters. The first-order valence-corrected chi connectivity index (χ1v) is 9.61. The predicted molar refractivity (Wildman–Crippen MR) is 91.4 cm³/mol. The molecule has 0 saturated heterocycles. The third-order valence-corrected chi connectivity index (χ3v) is 4.83. The van der Waals surface area contributed by atoms with Crippen LogP contribution in [0.5, 0.6) is 0 Å². The molecule has 0 bridgehead atoms. The average molecular weight is 321 g/mol. The van der Waals surface area contributed by atoms with E-state index in [4.69, 9.17) is 0 Å². The molecule has 0 saturated carbocycles. The summed E-state index contributed by atoms with van der Waals surface area (Å²) in [6.07, 6.45) is 0. The average Bonchev–Trinajstić information content (AvgIpc) is 2.24. The molecule has 0 aromatic carbocycles. The minimum absolute atomic E-state index is 0.332. The van der Waals surface area contributed by atoms with Crippen molar-refractivity contribution < 1.29 is 8.42 Å². The van der Waals surface area contributed by atoms with Crippen LogP contribution in [0.3, 0.4) is 0 Å². The Morgan fingerprint density at radius 1 is 0.571 bits per heavy atom. The maximum atomic E-state index is 13.0. The summed E-state index contributed by atoms with van der Waals surface area (Å²) in [7, 11) is -3.38. The first-order chi connectivity index (χ1) is 9.46. The minimum Gasteiger partial charge on any atom is -0.195 e. The van der Waals surface area contributed by atoms with E-state index >= 15 is 0 Å². The van der Waals surface area contributed by atoms with Crippen molar-refractivity contribution in [2.24, 2.45) is 23.7 Å². The monoisotopic (exact) mass is 320 g/mol. The number of nitrogens with zero attached hydrogens (tertiary/aromatic N) is 2. The fraction of sp³-hybridized carbons (Fsp3) is 1.00. The Balaban J connectivity index is 5.33. The fourth-order valence-electron chi connectivity index (χ4n) is 2.32. The smallest absolute Gasteiger partial charge is 0.195 e. The quantitative estimate of drug-likeness (QED) is 0.618. The van der Waals surface area contributed by atoms with Gasteiger partial charge in [-0.25, -0.2) is 0 Å². The molecule has 4 nitrogen and oxygen atoms in total. The molecule has 0 atom stereocenters. The van der Waals surface area contributed by atoms with Gasteiger partial charge in [-0.1, -0.05) is 55.4 Å². The Bertz CT molecular complexity index is 326. The first kappa shape index (κ1) is 20.9. The molecule has 21 heavy (non-hydrogen) atoms. The van der Waals surface area contributed by atoms with Gasteiger partial charge in [0.2, 0.25) is 0 Å². The van der Waals surface area contributed by atoms with Crippen molar-refractivity contribution in [3.8, 4) is 0 Å². The highest BCUT2D eigenvalue weighted by molar-refractivity contribution is 7.86. The third-order valence-electron chi connectivity index (χ3n) is 2.93. The van der Waals surface area contributed by atoms with Gasteiger partial charge in [0, 0.05) is 26.2 Å². The largest absolute Gasteiger partial charge is 0.282 e. The van der Waals surface area contributed by atoms with Crippen LogP contribution in [0.25, 0.3) is 0 Å². The van der Waals surface area contributed by atoms with Crippen LogP contribution < -0.4 is 0 Å². The van der Waals surface area contributed by atoms with Crippen LogP contribution >= 0.6 is 0 Å². The molecule has 0 rings (SSSR count). The summed E-state index contributed by atoms with van der Waals surface area (Å²) < 4.78 is 29.4. The van der Waals surface area contributed by atoms with Gasteiger partial charge < -0.3 is 0 Å². The molecule has 0 radical (unpaired) electrons. The van der Waals surface area contributed by atoms with E-state index in [-0.39, 0.29) is 0 Å². The van der Waals surface area contributed by atoms with Crippen LogP contribution in [0.2, 0.25) is 0 Å². The lowest BCUT2D eigenvalue weighted by molar-refractivity contribution is 0.270. The highest BCUT2D eigenvalue weighted by Gasteiger charge is 2.31. The van der Waals surface area contributed by atoms with Crippen LogP contribution in [-0.2, 0) is 10.2 Å². The van der Waals surface area contributed by atoms with Gasteiger partial charge in [-0.05, 0) is 23.7 Å². The normalized spacial score (nSPS) is 13.6. The van der Waals surface area contributed by atoms with Crippen LogP contribution in [0.15, 0.2) is 0 Å². The Kier molecular flexibility index (Phi) is 9.05. The summed E-state index contributed by atoms with van der Waals surface area (Å²) in [6.45, 7) is 18.9. The highest BCUT2D eigenvalue weighted by Crippen LogP contribution is 2.17. The molecular formula is C16H36N2O2S. The summed E-state index contributed by atoms with van der Waals surface area (Å²) in [5.74, 6) is 1.33. The second-order valence-corrected chi connectivity index (χ2v) is 9.65. The van der Waals surface area contributed by atoms with Crippen LogP contribution in [0.4, 0.5) is 0 Å². The van der Waals surface area contributed by atoms with Crippen molar-refractivity contribution >= 4 is 10.2 Å². The molecule has 0 aliphatic heterocycles. The summed E-state index contributed by atoms with van der Waals surface area (Å²) >= 11 is 0. The Morgan fingerprint density at radius 2 is 0.762 bits per heavy atom. The lowest BCUT2D eigenvalue weighted by atomic mass is 10.2. The molecule has 0 amide bonds. The second kappa shape index (κ2) is 9.11. The molecule has 0 aliphatic rings. The van der Waals surface area contributed by atoms with Crippen molar-refractivity contribution in [1.29, 1.82) is 0 Å². The Labute approximate surface area is 133 Å². The van der Waals surface area contributed by atoms with Crippen molar-refractivity contribution in [2.45, 2.75) is 55.4 Å². The zero-order valence-electron chi connectivity index (χ0n) is 15.3. The molecular weight excluding hydrogens is 284 g/mol. The van der Waals surface area contributed by atoms with Crippen molar-refractivity contribution in [3.63, 3.8) is 0 Å². The van der Waals surface area contributed by atoms with E-state index in [1.165, 1.54) is 0 Å².